The Morgan fingerprint density at radius 1 is 1.16 bits per heavy atom. The summed E-state index contributed by atoms with van der Waals surface area (Å²) in [7, 11) is 0. The predicted molar refractivity (Wildman–Crippen MR) is 81.0 cm³/mol. The first kappa shape index (κ1) is 18.7. The lowest BCUT2D eigenvalue weighted by atomic mass is 10.0. The van der Waals surface area contributed by atoms with Crippen molar-refractivity contribution in [1.82, 2.24) is 5.32 Å². The number of nitrogens with one attached hydrogen (secondary N) is 1. The molecule has 1 unspecified atom stereocenters. The van der Waals surface area contributed by atoms with E-state index in [1.54, 1.807) is 30.3 Å². The number of ether oxygens (including phenoxy) is 1. The minimum absolute atomic E-state index is 0.0396. The van der Waals surface area contributed by atoms with Gasteiger partial charge in [0.25, 0.3) is 0 Å². The summed E-state index contributed by atoms with van der Waals surface area (Å²) in [5.41, 5.74) is -0.838. The monoisotopic (exact) mass is 357 g/mol. The van der Waals surface area contributed by atoms with Crippen molar-refractivity contribution in [2.24, 2.45) is 0 Å². The van der Waals surface area contributed by atoms with E-state index in [9.17, 15) is 27.5 Å². The van der Waals surface area contributed by atoms with Crippen molar-refractivity contribution in [3.05, 3.63) is 71.0 Å². The molecule has 0 radical (unpaired) electrons. The summed E-state index contributed by atoms with van der Waals surface area (Å²) in [6.45, 7) is -0.717. The largest absolute Gasteiger partial charge is 0.445 e. The number of alkyl halides is 3. The fourth-order valence-corrected chi connectivity index (χ4v) is 2.12. The molecule has 134 valence electrons. The molecule has 8 heteroatoms. The van der Waals surface area contributed by atoms with Crippen molar-refractivity contribution in [2.45, 2.75) is 18.8 Å². The van der Waals surface area contributed by atoms with Gasteiger partial charge in [0.15, 0.2) is 0 Å². The van der Waals surface area contributed by atoms with Gasteiger partial charge in [0.05, 0.1) is 18.2 Å². The summed E-state index contributed by atoms with van der Waals surface area (Å²) in [5.74, 6) is -1.43. The van der Waals surface area contributed by atoms with Gasteiger partial charge in [-0.25, -0.2) is 9.18 Å². The van der Waals surface area contributed by atoms with Crippen LogP contribution in [0.3, 0.4) is 0 Å². The minimum Gasteiger partial charge on any atom is -0.445 e. The van der Waals surface area contributed by atoms with Crippen molar-refractivity contribution in [2.75, 3.05) is 6.61 Å². The smallest absolute Gasteiger partial charge is 0.419 e. The Labute approximate surface area is 141 Å². The van der Waals surface area contributed by atoms with Gasteiger partial charge in [-0.3, -0.25) is 0 Å². The van der Waals surface area contributed by atoms with E-state index in [2.05, 4.69) is 5.32 Å². The molecule has 0 spiro atoms. The second-order valence-electron chi connectivity index (χ2n) is 5.18. The van der Waals surface area contributed by atoms with E-state index in [-0.39, 0.29) is 12.2 Å². The minimum atomic E-state index is -4.88. The van der Waals surface area contributed by atoms with Crippen LogP contribution in [0.2, 0.25) is 0 Å². The quantitative estimate of drug-likeness (QED) is 0.800. The van der Waals surface area contributed by atoms with Crippen molar-refractivity contribution < 1.29 is 32.2 Å². The van der Waals surface area contributed by atoms with Gasteiger partial charge in [-0.2, -0.15) is 13.2 Å². The van der Waals surface area contributed by atoms with Crippen LogP contribution in [0, 0.1) is 5.82 Å². The van der Waals surface area contributed by atoms with E-state index in [1.807, 2.05) is 0 Å². The lowest BCUT2D eigenvalue weighted by Crippen LogP contribution is -2.31. The van der Waals surface area contributed by atoms with Crippen LogP contribution in [0.4, 0.5) is 22.4 Å². The molecule has 0 bridgehead atoms. The van der Waals surface area contributed by atoms with Crippen LogP contribution in [0.25, 0.3) is 0 Å². The lowest BCUT2D eigenvalue weighted by molar-refractivity contribution is -0.140. The average Bonchev–Trinajstić information content (AvgIpc) is 2.58. The van der Waals surface area contributed by atoms with Crippen molar-refractivity contribution in [1.29, 1.82) is 0 Å². The van der Waals surface area contributed by atoms with Gasteiger partial charge in [0.1, 0.15) is 12.4 Å². The van der Waals surface area contributed by atoms with Gasteiger partial charge in [-0.1, -0.05) is 36.4 Å². The summed E-state index contributed by atoms with van der Waals surface area (Å²) in [6.07, 6.45) is -5.80. The van der Waals surface area contributed by atoms with E-state index in [0.717, 1.165) is 11.6 Å². The number of amides is 1. The van der Waals surface area contributed by atoms with E-state index < -0.39 is 36.3 Å². The summed E-state index contributed by atoms with van der Waals surface area (Å²) in [5, 5.41) is 11.6. The van der Waals surface area contributed by atoms with Crippen molar-refractivity contribution in [3.8, 4) is 0 Å². The molecule has 0 fully saturated rings. The van der Waals surface area contributed by atoms with Crippen molar-refractivity contribution >= 4 is 6.09 Å². The highest BCUT2D eigenvalue weighted by Crippen LogP contribution is 2.33. The number of carbonyl (C=O) groups is 1. The molecule has 4 nitrogen and oxygen atoms in total. The zero-order valence-corrected chi connectivity index (χ0v) is 12.9. The van der Waals surface area contributed by atoms with E-state index in [4.69, 9.17) is 4.74 Å². The normalized spacial score (nSPS) is 12.5. The van der Waals surface area contributed by atoms with Crippen LogP contribution >= 0.6 is 0 Å². The number of benzene rings is 2. The number of halogens is 4. The van der Waals surface area contributed by atoms with Crippen molar-refractivity contribution in [3.63, 3.8) is 0 Å². The molecule has 2 aromatic rings. The predicted octanol–water partition coefficient (Wildman–Crippen LogP) is 3.80. The molecule has 1 atom stereocenters. The standard InChI is InChI=1S/C17H15F4NO3/c18-14-7-6-12(8-13(14)17(19,20)21)15(9-23)22-16(24)25-10-11-4-2-1-3-5-11/h1-8,15,23H,9-10H2,(H,22,24). The number of carbonyl (C=O) groups excluding carboxylic acids is 1. The maximum absolute atomic E-state index is 13.3. The molecule has 0 aliphatic carbocycles. The molecule has 0 heterocycles. The molecular formula is C17H15F4NO3. The van der Waals surface area contributed by atoms with E-state index in [0.29, 0.717) is 12.1 Å². The van der Waals surface area contributed by atoms with E-state index >= 15 is 0 Å². The highest BCUT2D eigenvalue weighted by Gasteiger charge is 2.34. The zero-order valence-electron chi connectivity index (χ0n) is 12.9. The summed E-state index contributed by atoms with van der Waals surface area (Å²) in [4.78, 5) is 11.8. The average molecular weight is 357 g/mol. The number of hydrogen-bond acceptors (Lipinski definition) is 3. The number of alkyl carbamates (subject to hydrolysis) is 1. The molecule has 1 amide bonds. The highest BCUT2D eigenvalue weighted by molar-refractivity contribution is 5.68. The first-order chi connectivity index (χ1) is 11.8. The van der Waals surface area contributed by atoms with Gasteiger partial charge in [-0.15, -0.1) is 0 Å². The van der Waals surface area contributed by atoms with Crippen LogP contribution in [0.1, 0.15) is 22.7 Å². The maximum Gasteiger partial charge on any atom is 0.419 e. The molecule has 2 N–H and O–H groups in total. The Bertz CT molecular complexity index is 720. The number of aliphatic hydroxyl groups excluding tert-OH is 1. The van der Waals surface area contributed by atoms with Crippen LogP contribution < -0.4 is 5.32 Å². The molecule has 2 aromatic carbocycles. The van der Waals surface area contributed by atoms with Gasteiger partial charge < -0.3 is 15.2 Å². The Hall–Kier alpha value is -2.61. The molecule has 0 saturated heterocycles. The van der Waals surface area contributed by atoms with E-state index in [1.165, 1.54) is 0 Å². The van der Waals surface area contributed by atoms with Gasteiger partial charge >= 0.3 is 12.3 Å². The molecule has 0 saturated carbocycles. The van der Waals surface area contributed by atoms with Crippen LogP contribution in [-0.4, -0.2) is 17.8 Å². The molecule has 0 aromatic heterocycles. The zero-order chi connectivity index (χ0) is 18.4. The fraction of sp³-hybridized carbons (Fsp3) is 0.235. The second kappa shape index (κ2) is 7.98. The Morgan fingerprint density at radius 2 is 1.84 bits per heavy atom. The maximum atomic E-state index is 13.3. The number of rotatable bonds is 5. The third-order valence-electron chi connectivity index (χ3n) is 3.39. The second-order valence-corrected chi connectivity index (χ2v) is 5.18. The molecule has 25 heavy (non-hydrogen) atoms. The Kier molecular flexibility index (Phi) is 5.97. The third-order valence-corrected chi connectivity index (χ3v) is 3.39. The van der Waals surface area contributed by atoms with Crippen LogP contribution in [0.15, 0.2) is 48.5 Å². The molecule has 0 aliphatic heterocycles. The molecule has 2 rings (SSSR count). The number of aliphatic hydroxyl groups is 1. The fourth-order valence-electron chi connectivity index (χ4n) is 2.12. The van der Waals surface area contributed by atoms with Crippen LogP contribution in [0.5, 0.6) is 0 Å². The Morgan fingerprint density at radius 3 is 2.44 bits per heavy atom. The third kappa shape index (κ3) is 5.18. The molecular weight excluding hydrogens is 342 g/mol. The topological polar surface area (TPSA) is 58.6 Å². The Balaban J connectivity index is 2.05. The molecule has 0 aliphatic rings. The SMILES string of the molecule is O=C(NC(CO)c1ccc(F)c(C(F)(F)F)c1)OCc1ccccc1. The van der Waals surface area contributed by atoms with Crippen LogP contribution in [-0.2, 0) is 17.5 Å². The first-order valence-corrected chi connectivity index (χ1v) is 7.26. The lowest BCUT2D eigenvalue weighted by Gasteiger charge is -2.18. The first-order valence-electron chi connectivity index (χ1n) is 7.26. The number of hydrogen-bond donors (Lipinski definition) is 2. The summed E-state index contributed by atoms with van der Waals surface area (Å²) >= 11 is 0. The van der Waals surface area contributed by atoms with Gasteiger partial charge in [0, 0.05) is 0 Å². The van der Waals surface area contributed by atoms with Gasteiger partial charge in [0.2, 0.25) is 0 Å². The summed E-state index contributed by atoms with van der Waals surface area (Å²) in [6, 6.07) is 9.84. The van der Waals surface area contributed by atoms with Gasteiger partial charge in [-0.05, 0) is 23.3 Å². The summed E-state index contributed by atoms with van der Waals surface area (Å²) < 4.78 is 56.5. The highest BCUT2D eigenvalue weighted by atomic mass is 19.4.